The van der Waals surface area contributed by atoms with E-state index in [-0.39, 0.29) is 11.2 Å². The number of nitrogens with two attached hydrogens (primary N) is 1. The molecule has 2 rings (SSSR count). The fraction of sp³-hybridized carbons (Fsp3) is 1.00. The first-order valence-corrected chi connectivity index (χ1v) is 6.11. The lowest BCUT2D eigenvalue weighted by atomic mass is 9.76. The fourth-order valence-corrected chi connectivity index (χ4v) is 2.89. The molecule has 3 atom stereocenters. The highest BCUT2D eigenvalue weighted by molar-refractivity contribution is 4.97. The molecular formula is C12H23NO2. The maximum atomic E-state index is 6.05. The van der Waals surface area contributed by atoms with Gasteiger partial charge in [0, 0.05) is 19.1 Å². The molecule has 1 spiro atoms. The predicted molar refractivity (Wildman–Crippen MR) is 59.8 cm³/mol. The Morgan fingerprint density at radius 3 is 2.80 bits per heavy atom. The van der Waals surface area contributed by atoms with Gasteiger partial charge in [-0.1, -0.05) is 6.92 Å². The van der Waals surface area contributed by atoms with Gasteiger partial charge in [0.2, 0.25) is 0 Å². The summed E-state index contributed by atoms with van der Waals surface area (Å²) in [7, 11) is 0. The van der Waals surface area contributed by atoms with Crippen molar-refractivity contribution in [3.8, 4) is 0 Å². The van der Waals surface area contributed by atoms with Crippen molar-refractivity contribution in [2.75, 3.05) is 13.2 Å². The highest BCUT2D eigenvalue weighted by atomic mass is 16.5. The minimum absolute atomic E-state index is 0.00465. The molecule has 2 fully saturated rings. The van der Waals surface area contributed by atoms with Gasteiger partial charge in [-0.25, -0.2) is 0 Å². The van der Waals surface area contributed by atoms with Crippen molar-refractivity contribution >= 4 is 0 Å². The molecule has 0 bridgehead atoms. The van der Waals surface area contributed by atoms with Gasteiger partial charge in [0.05, 0.1) is 17.8 Å². The van der Waals surface area contributed by atoms with E-state index in [0.29, 0.717) is 6.04 Å². The molecule has 2 N–H and O–H groups in total. The second-order valence-corrected chi connectivity index (χ2v) is 5.36. The van der Waals surface area contributed by atoms with Crippen LogP contribution < -0.4 is 5.73 Å². The summed E-state index contributed by atoms with van der Waals surface area (Å²) in [5.41, 5.74) is 6.06. The average molecular weight is 213 g/mol. The van der Waals surface area contributed by atoms with Crippen molar-refractivity contribution in [1.29, 1.82) is 0 Å². The second kappa shape index (κ2) is 4.04. The van der Waals surface area contributed by atoms with Crippen LogP contribution in [0.2, 0.25) is 0 Å². The molecule has 0 radical (unpaired) electrons. The van der Waals surface area contributed by atoms with E-state index in [1.807, 2.05) is 0 Å². The summed E-state index contributed by atoms with van der Waals surface area (Å²) in [6, 6.07) is 0.318. The van der Waals surface area contributed by atoms with Crippen molar-refractivity contribution in [2.45, 2.75) is 63.2 Å². The number of rotatable bonds is 1. The number of hydrogen-bond donors (Lipinski definition) is 1. The Hall–Kier alpha value is -0.120. The molecule has 15 heavy (non-hydrogen) atoms. The molecule has 2 saturated heterocycles. The zero-order valence-electron chi connectivity index (χ0n) is 9.92. The fourth-order valence-electron chi connectivity index (χ4n) is 2.89. The summed E-state index contributed by atoms with van der Waals surface area (Å²) in [4.78, 5) is 0. The molecule has 3 unspecified atom stereocenters. The Bertz CT molecular complexity index is 230. The van der Waals surface area contributed by atoms with Crippen molar-refractivity contribution in [3.63, 3.8) is 0 Å². The Kier molecular flexibility index (Phi) is 3.06. The normalized spacial score (nSPS) is 47.0. The van der Waals surface area contributed by atoms with E-state index in [9.17, 15) is 0 Å². The quantitative estimate of drug-likeness (QED) is 0.723. The first kappa shape index (κ1) is 11.4. The SMILES string of the molecule is CCC1(C)CC2(CCO1)CC(N)CCO2. The van der Waals surface area contributed by atoms with Gasteiger partial charge in [-0.3, -0.25) is 0 Å². The van der Waals surface area contributed by atoms with Gasteiger partial charge in [0.25, 0.3) is 0 Å². The standard InChI is InChI=1S/C12H23NO2/c1-3-11(2)9-12(5-7-14-11)8-10(13)4-6-15-12/h10H,3-9,13H2,1-2H3. The van der Waals surface area contributed by atoms with Crippen molar-refractivity contribution in [2.24, 2.45) is 5.73 Å². The van der Waals surface area contributed by atoms with Gasteiger partial charge in [0.1, 0.15) is 0 Å². The Morgan fingerprint density at radius 1 is 1.33 bits per heavy atom. The van der Waals surface area contributed by atoms with E-state index in [2.05, 4.69) is 13.8 Å². The molecule has 0 aromatic rings. The summed E-state index contributed by atoms with van der Waals surface area (Å²) in [6.45, 7) is 6.01. The van der Waals surface area contributed by atoms with E-state index >= 15 is 0 Å². The molecule has 2 aliphatic rings. The van der Waals surface area contributed by atoms with Crippen molar-refractivity contribution < 1.29 is 9.47 Å². The van der Waals surface area contributed by atoms with Gasteiger partial charge in [-0.05, 0) is 32.6 Å². The molecule has 2 aliphatic heterocycles. The third-order valence-electron chi connectivity index (χ3n) is 3.98. The van der Waals surface area contributed by atoms with Crippen molar-refractivity contribution in [3.05, 3.63) is 0 Å². The van der Waals surface area contributed by atoms with Gasteiger partial charge in [-0.2, -0.15) is 0 Å². The van der Waals surface area contributed by atoms with Crippen LogP contribution in [0.4, 0.5) is 0 Å². The van der Waals surface area contributed by atoms with Crippen LogP contribution >= 0.6 is 0 Å². The van der Waals surface area contributed by atoms with Crippen molar-refractivity contribution in [1.82, 2.24) is 0 Å². The third kappa shape index (κ3) is 2.35. The second-order valence-electron chi connectivity index (χ2n) is 5.36. The summed E-state index contributed by atoms with van der Waals surface area (Å²) in [5, 5.41) is 0. The first-order chi connectivity index (χ1) is 7.08. The lowest BCUT2D eigenvalue weighted by Crippen LogP contribution is -2.53. The summed E-state index contributed by atoms with van der Waals surface area (Å²) in [6.07, 6.45) is 5.07. The highest BCUT2D eigenvalue weighted by Gasteiger charge is 2.45. The van der Waals surface area contributed by atoms with Crippen LogP contribution in [0.3, 0.4) is 0 Å². The maximum Gasteiger partial charge on any atom is 0.0746 e. The average Bonchev–Trinajstić information content (AvgIpc) is 2.17. The van der Waals surface area contributed by atoms with Crippen LogP contribution in [0, 0.1) is 0 Å². The van der Waals surface area contributed by atoms with Crippen LogP contribution in [0.15, 0.2) is 0 Å². The van der Waals surface area contributed by atoms with E-state index in [4.69, 9.17) is 15.2 Å². The zero-order chi connectivity index (χ0) is 10.9. The van der Waals surface area contributed by atoms with Crippen LogP contribution in [0.5, 0.6) is 0 Å². The monoisotopic (exact) mass is 213 g/mol. The van der Waals surface area contributed by atoms with E-state index < -0.39 is 0 Å². The maximum absolute atomic E-state index is 6.05. The van der Waals surface area contributed by atoms with Gasteiger partial charge in [-0.15, -0.1) is 0 Å². The Labute approximate surface area is 92.3 Å². The van der Waals surface area contributed by atoms with Crippen LogP contribution in [0.25, 0.3) is 0 Å². The molecular weight excluding hydrogens is 190 g/mol. The third-order valence-corrected chi connectivity index (χ3v) is 3.98. The predicted octanol–water partition coefficient (Wildman–Crippen LogP) is 1.84. The lowest BCUT2D eigenvalue weighted by Gasteiger charge is -2.49. The molecule has 0 aliphatic carbocycles. The van der Waals surface area contributed by atoms with E-state index in [0.717, 1.165) is 45.3 Å². The van der Waals surface area contributed by atoms with Crippen LogP contribution in [-0.4, -0.2) is 30.5 Å². The summed E-state index contributed by atoms with van der Waals surface area (Å²) < 4.78 is 11.9. The molecule has 2 heterocycles. The number of hydrogen-bond acceptors (Lipinski definition) is 3. The van der Waals surface area contributed by atoms with E-state index in [1.165, 1.54) is 0 Å². The molecule has 3 heteroatoms. The van der Waals surface area contributed by atoms with E-state index in [1.54, 1.807) is 0 Å². The van der Waals surface area contributed by atoms with Crippen LogP contribution in [0.1, 0.15) is 46.0 Å². The van der Waals surface area contributed by atoms with Crippen LogP contribution in [-0.2, 0) is 9.47 Å². The molecule has 88 valence electrons. The Morgan fingerprint density at radius 2 is 2.13 bits per heavy atom. The molecule has 0 aromatic heterocycles. The van der Waals surface area contributed by atoms with Gasteiger partial charge < -0.3 is 15.2 Å². The topological polar surface area (TPSA) is 44.5 Å². The highest BCUT2D eigenvalue weighted by Crippen LogP contribution is 2.41. The zero-order valence-corrected chi connectivity index (χ0v) is 9.92. The Balaban J connectivity index is 2.07. The largest absolute Gasteiger partial charge is 0.375 e. The number of ether oxygens (including phenoxy) is 2. The first-order valence-electron chi connectivity index (χ1n) is 6.11. The van der Waals surface area contributed by atoms with Gasteiger partial charge >= 0.3 is 0 Å². The molecule has 0 saturated carbocycles. The minimum Gasteiger partial charge on any atom is -0.375 e. The van der Waals surface area contributed by atoms with Gasteiger partial charge in [0.15, 0.2) is 0 Å². The molecule has 0 aromatic carbocycles. The molecule has 0 amide bonds. The minimum atomic E-state index is -0.00465. The summed E-state index contributed by atoms with van der Waals surface area (Å²) >= 11 is 0. The molecule has 3 nitrogen and oxygen atoms in total. The lowest BCUT2D eigenvalue weighted by molar-refractivity contribution is -0.193. The smallest absolute Gasteiger partial charge is 0.0746 e. The summed E-state index contributed by atoms with van der Waals surface area (Å²) in [5.74, 6) is 0.